The van der Waals surface area contributed by atoms with Gasteiger partial charge in [0.15, 0.2) is 0 Å². The summed E-state index contributed by atoms with van der Waals surface area (Å²) < 4.78 is 2.41. The minimum atomic E-state index is 0. The number of aryl methyl sites for hydroxylation is 3. The van der Waals surface area contributed by atoms with E-state index in [0.717, 1.165) is 6.54 Å². The Morgan fingerprint density at radius 3 is 2.03 bits per heavy atom. The minimum absolute atomic E-state index is 0. The van der Waals surface area contributed by atoms with E-state index in [4.69, 9.17) is 0 Å². The van der Waals surface area contributed by atoms with Crippen LogP contribution in [-0.4, -0.2) is 0 Å². The number of halogens is 2. The fourth-order valence-corrected chi connectivity index (χ4v) is 5.52. The molecule has 0 fully saturated rings. The van der Waals surface area contributed by atoms with Crippen LogP contribution < -0.4 is 28.2 Å². The zero-order chi connectivity index (χ0) is 19.8. The van der Waals surface area contributed by atoms with E-state index in [1.807, 2.05) is 0 Å². The van der Waals surface area contributed by atoms with Crippen molar-refractivity contribution in [2.45, 2.75) is 40.2 Å². The van der Waals surface area contributed by atoms with Crippen LogP contribution >= 0.6 is 0 Å². The predicted molar refractivity (Wildman–Crippen MR) is 115 cm³/mol. The molecule has 0 saturated carbocycles. The number of rotatable bonds is 4. The van der Waals surface area contributed by atoms with E-state index < -0.39 is 0 Å². The number of anilines is 1. The summed E-state index contributed by atoms with van der Waals surface area (Å²) in [5, 5.41) is 0. The van der Waals surface area contributed by atoms with Crippen LogP contribution in [0, 0.1) is 20.8 Å². The van der Waals surface area contributed by atoms with Gasteiger partial charge in [-0.2, -0.15) is 0 Å². The SMILES string of the molecule is CC1=Cc2ccccc2C1c1ccccc1C[N]([Ti+2])c1c(C)cc(C)cc1C.[Cl-].[Cl-]. The molecule has 30 heavy (non-hydrogen) atoms. The molecule has 0 amide bonds. The Hall–Kier alpha value is -1.51. The Balaban J connectivity index is 0.00000160. The van der Waals surface area contributed by atoms with Gasteiger partial charge in [0.05, 0.1) is 0 Å². The molecule has 1 atom stereocenters. The maximum atomic E-state index is 2.41. The van der Waals surface area contributed by atoms with E-state index in [0.29, 0.717) is 5.92 Å². The average Bonchev–Trinajstić information content (AvgIpc) is 2.97. The molecule has 3 aromatic rings. The van der Waals surface area contributed by atoms with Gasteiger partial charge in [0.1, 0.15) is 0 Å². The monoisotopic (exact) mass is 470 g/mol. The molecule has 0 bridgehead atoms. The predicted octanol–water partition coefficient (Wildman–Crippen LogP) is 0.637. The zero-order valence-electron chi connectivity index (χ0n) is 17.8. The summed E-state index contributed by atoms with van der Waals surface area (Å²) in [6.45, 7) is 9.79. The normalized spacial score (nSPS) is 14.3. The van der Waals surface area contributed by atoms with Crippen molar-refractivity contribution in [3.63, 3.8) is 0 Å². The van der Waals surface area contributed by atoms with Gasteiger partial charge in [-0.3, -0.25) is 0 Å². The van der Waals surface area contributed by atoms with E-state index in [2.05, 4.69) is 119 Å². The van der Waals surface area contributed by atoms with E-state index in [9.17, 15) is 0 Å². The number of allylic oxidation sites excluding steroid dienone is 1. The van der Waals surface area contributed by atoms with E-state index in [1.165, 1.54) is 50.2 Å². The molecule has 4 rings (SSSR count). The van der Waals surface area contributed by atoms with Crippen LogP contribution in [0.2, 0.25) is 0 Å². The molecule has 0 radical (unpaired) electrons. The molecule has 1 aliphatic rings. The van der Waals surface area contributed by atoms with E-state index in [1.54, 1.807) is 0 Å². The first-order valence-electron chi connectivity index (χ1n) is 9.87. The van der Waals surface area contributed by atoms with Crippen LogP contribution in [-0.2, 0) is 27.2 Å². The van der Waals surface area contributed by atoms with Crippen molar-refractivity contribution in [2.75, 3.05) is 3.38 Å². The zero-order valence-corrected chi connectivity index (χ0v) is 20.9. The van der Waals surface area contributed by atoms with Crippen molar-refractivity contribution >= 4 is 11.8 Å². The molecule has 0 aromatic heterocycles. The third kappa shape index (κ3) is 4.71. The van der Waals surface area contributed by atoms with Crippen molar-refractivity contribution in [1.82, 2.24) is 0 Å². The molecule has 1 nitrogen and oxygen atoms in total. The van der Waals surface area contributed by atoms with Crippen LogP contribution in [0.4, 0.5) is 5.69 Å². The van der Waals surface area contributed by atoms with Crippen LogP contribution in [0.25, 0.3) is 6.08 Å². The van der Waals surface area contributed by atoms with Gasteiger partial charge in [0, 0.05) is 0 Å². The molecule has 0 N–H and O–H groups in total. The Morgan fingerprint density at radius 2 is 1.37 bits per heavy atom. The second-order valence-corrected chi connectivity index (χ2v) is 8.83. The summed E-state index contributed by atoms with van der Waals surface area (Å²) in [5.74, 6) is 0.362. The van der Waals surface area contributed by atoms with Gasteiger partial charge in [0.25, 0.3) is 0 Å². The summed E-state index contributed by atoms with van der Waals surface area (Å²) >= 11 is 2.22. The van der Waals surface area contributed by atoms with Gasteiger partial charge in [-0.05, 0) is 0 Å². The van der Waals surface area contributed by atoms with Crippen LogP contribution in [0.1, 0.15) is 51.8 Å². The van der Waals surface area contributed by atoms with Crippen LogP contribution in [0.15, 0.2) is 66.2 Å². The summed E-state index contributed by atoms with van der Waals surface area (Å²) in [6, 6.07) is 22.3. The van der Waals surface area contributed by atoms with Crippen LogP contribution in [0.3, 0.4) is 0 Å². The van der Waals surface area contributed by atoms with Gasteiger partial charge < -0.3 is 24.8 Å². The molecule has 0 aliphatic heterocycles. The van der Waals surface area contributed by atoms with Gasteiger partial charge in [0.2, 0.25) is 0 Å². The second kappa shape index (κ2) is 10.2. The maximum absolute atomic E-state index is 2.41. The third-order valence-corrected chi connectivity index (χ3v) is 6.34. The summed E-state index contributed by atoms with van der Waals surface area (Å²) in [5.41, 5.74) is 12.4. The number of nitrogens with zero attached hydrogens (tertiary/aromatic N) is 1. The molecular weight excluding hydrogens is 445 g/mol. The number of benzene rings is 3. The first kappa shape index (κ1) is 24.8. The first-order valence-corrected chi connectivity index (χ1v) is 10.6. The van der Waals surface area contributed by atoms with Gasteiger partial charge in [-0.25, -0.2) is 0 Å². The molecule has 1 unspecified atom stereocenters. The van der Waals surface area contributed by atoms with Crippen molar-refractivity contribution in [2.24, 2.45) is 0 Å². The standard InChI is InChI=1S/C26H26N.2ClH.Ti/c1-17-13-19(3)26(20(4)14-17)27-16-22-10-6-8-12-24(22)25-18(2)15-21-9-5-7-11-23(21)25;;;/h5-15,25H,16H2,1-4H3;2*1H;/q-1;;;+3/p-2. The number of fused-ring (bicyclic) bond motifs is 1. The number of hydrogen-bond donors (Lipinski definition) is 0. The molecular formula is C26H26Cl2NTi. The Morgan fingerprint density at radius 1 is 0.800 bits per heavy atom. The maximum Gasteiger partial charge on any atom is -1.00 e. The first-order chi connectivity index (χ1) is 13.5. The van der Waals surface area contributed by atoms with Crippen molar-refractivity contribution in [3.8, 4) is 0 Å². The van der Waals surface area contributed by atoms with Crippen molar-refractivity contribution in [3.05, 3.63) is 105 Å². The van der Waals surface area contributed by atoms with Crippen molar-refractivity contribution in [1.29, 1.82) is 0 Å². The van der Waals surface area contributed by atoms with Gasteiger partial charge in [-0.1, -0.05) is 0 Å². The Kier molecular flexibility index (Phi) is 8.42. The van der Waals surface area contributed by atoms with E-state index >= 15 is 0 Å². The topological polar surface area (TPSA) is 3.24 Å². The Labute approximate surface area is 205 Å². The third-order valence-electron chi connectivity index (χ3n) is 5.75. The summed E-state index contributed by atoms with van der Waals surface area (Å²) in [7, 11) is 0. The Bertz CT molecular complexity index is 1050. The molecule has 0 spiro atoms. The second-order valence-electron chi connectivity index (χ2n) is 7.98. The molecule has 1 aliphatic carbocycles. The van der Waals surface area contributed by atoms with Crippen molar-refractivity contribution < 1.29 is 45.5 Å². The fourth-order valence-electron chi connectivity index (χ4n) is 4.70. The molecule has 0 saturated heterocycles. The summed E-state index contributed by atoms with van der Waals surface area (Å²) in [4.78, 5) is 0. The number of hydrogen-bond acceptors (Lipinski definition) is 1. The van der Waals surface area contributed by atoms with E-state index in [-0.39, 0.29) is 24.8 Å². The quantitative estimate of drug-likeness (QED) is 0.506. The fraction of sp³-hybridized carbons (Fsp3) is 0.231. The molecule has 4 heteroatoms. The molecule has 0 heterocycles. The smallest absolute Gasteiger partial charge is 1.00 e. The van der Waals surface area contributed by atoms with Crippen LogP contribution in [0.5, 0.6) is 0 Å². The minimum Gasteiger partial charge on any atom is -1.00 e. The average molecular weight is 471 g/mol. The molecule has 153 valence electrons. The summed E-state index contributed by atoms with van der Waals surface area (Å²) in [6.07, 6.45) is 2.34. The van der Waals surface area contributed by atoms with Gasteiger partial charge >= 0.3 is 181 Å². The molecule has 3 aromatic carbocycles. The van der Waals surface area contributed by atoms with Gasteiger partial charge in [-0.15, -0.1) is 0 Å². The largest absolute Gasteiger partial charge is 1.00 e.